The zero-order valence-electron chi connectivity index (χ0n) is 23.9. The molecule has 0 spiro atoms. The molecule has 0 bridgehead atoms. The number of carbonyl (C=O) groups excluding carboxylic acids is 2. The first kappa shape index (κ1) is 32.7. The van der Waals surface area contributed by atoms with Gasteiger partial charge in [0, 0.05) is 31.2 Å². The summed E-state index contributed by atoms with van der Waals surface area (Å²) in [5.41, 5.74) is 6.18. The lowest BCUT2D eigenvalue weighted by Gasteiger charge is -2.33. The molecule has 0 saturated carbocycles. The molecular weight excluding hydrogens is 608 g/mol. The normalized spacial score (nSPS) is 15.8. The molecule has 1 aliphatic heterocycles. The summed E-state index contributed by atoms with van der Waals surface area (Å²) in [6.45, 7) is 0.506. The predicted octanol–water partition coefficient (Wildman–Crippen LogP) is 2.37. The van der Waals surface area contributed by atoms with Crippen LogP contribution in [0.5, 0.6) is 0 Å². The number of fused-ring (bicyclic) bond motifs is 1. The number of nitrogens with two attached hydrogens (primary N) is 1. The maximum absolute atomic E-state index is 13.8. The van der Waals surface area contributed by atoms with Crippen LogP contribution in [0.4, 0.5) is 0 Å². The van der Waals surface area contributed by atoms with Crippen LogP contribution < -0.4 is 15.8 Å². The van der Waals surface area contributed by atoms with Gasteiger partial charge in [-0.05, 0) is 59.4 Å². The maximum Gasteiger partial charge on any atom is 0.323 e. The molecule has 1 heterocycles. The Balaban J connectivity index is 1.57. The molecule has 0 aromatic heterocycles. The van der Waals surface area contributed by atoms with Crippen molar-refractivity contribution in [3.63, 3.8) is 0 Å². The van der Waals surface area contributed by atoms with Crippen LogP contribution >= 0.6 is 11.6 Å². The number of rotatable bonds is 12. The summed E-state index contributed by atoms with van der Waals surface area (Å²) >= 11 is 5.96. The molecule has 2 atom stereocenters. The van der Waals surface area contributed by atoms with E-state index in [0.717, 1.165) is 23.1 Å². The van der Waals surface area contributed by atoms with E-state index in [1.807, 2.05) is 12.1 Å². The van der Waals surface area contributed by atoms with Crippen molar-refractivity contribution < 1.29 is 27.9 Å². The standard InChI is InChI=1S/C30H35ClN6O6S/c31-24-10-7-20(8-11-24)17-37(19-28(39)40)29(41)26(15-27(38)34-16-21-4-3-13-36(18-21)30(32)33)35-44(42,43)25-12-9-22-5-1-2-6-23(22)14-25/h1-2,5-12,14,21,26,35H,3-4,13,15-19H2,(H3,32,33)(H,34,38)(H,39,40)/t21-,26-/m0/s1. The van der Waals surface area contributed by atoms with Crippen molar-refractivity contribution in [3.05, 3.63) is 77.3 Å². The molecule has 2 amide bonds. The molecule has 12 nitrogen and oxygen atoms in total. The first-order valence-corrected chi connectivity index (χ1v) is 15.9. The summed E-state index contributed by atoms with van der Waals surface area (Å²) in [7, 11) is -4.32. The number of benzene rings is 3. The summed E-state index contributed by atoms with van der Waals surface area (Å²) < 4.78 is 29.4. The Bertz CT molecular complexity index is 1630. The molecule has 14 heteroatoms. The van der Waals surface area contributed by atoms with E-state index in [1.54, 1.807) is 47.4 Å². The van der Waals surface area contributed by atoms with Gasteiger partial charge in [-0.2, -0.15) is 4.72 Å². The van der Waals surface area contributed by atoms with E-state index in [4.69, 9.17) is 22.7 Å². The fraction of sp³-hybridized carbons (Fsp3) is 0.333. The molecule has 234 valence electrons. The van der Waals surface area contributed by atoms with Gasteiger partial charge in [0.25, 0.3) is 0 Å². The molecule has 1 fully saturated rings. The smallest absolute Gasteiger partial charge is 0.323 e. The number of aliphatic carboxylic acids is 1. The van der Waals surface area contributed by atoms with Gasteiger partial charge in [0.15, 0.2) is 5.96 Å². The minimum Gasteiger partial charge on any atom is -0.480 e. The SMILES string of the molecule is N=C(N)N1CCC[C@@H](CNC(=O)C[C@H](NS(=O)(=O)c2ccc3ccccc3c2)C(=O)N(CC(=O)O)Cc2ccc(Cl)cc2)C1. The second-order valence-corrected chi connectivity index (χ2v) is 12.9. The first-order valence-electron chi connectivity index (χ1n) is 14.0. The highest BCUT2D eigenvalue weighted by Gasteiger charge is 2.33. The molecule has 0 aliphatic carbocycles. The molecule has 4 rings (SSSR count). The van der Waals surface area contributed by atoms with Crippen molar-refractivity contribution in [2.45, 2.75) is 36.7 Å². The summed E-state index contributed by atoms with van der Waals surface area (Å²) in [5.74, 6) is -2.81. The zero-order chi connectivity index (χ0) is 31.9. The zero-order valence-corrected chi connectivity index (χ0v) is 25.5. The molecule has 0 unspecified atom stereocenters. The third kappa shape index (κ3) is 8.91. The Hall–Kier alpha value is -4.20. The summed E-state index contributed by atoms with van der Waals surface area (Å²) in [4.78, 5) is 41.3. The fourth-order valence-electron chi connectivity index (χ4n) is 5.14. The van der Waals surface area contributed by atoms with Gasteiger partial charge < -0.3 is 26.0 Å². The average molecular weight is 643 g/mol. The van der Waals surface area contributed by atoms with Gasteiger partial charge in [-0.1, -0.05) is 54.1 Å². The van der Waals surface area contributed by atoms with Gasteiger partial charge in [0.2, 0.25) is 21.8 Å². The topological polar surface area (TPSA) is 186 Å². The van der Waals surface area contributed by atoms with Gasteiger partial charge in [-0.25, -0.2) is 8.42 Å². The summed E-state index contributed by atoms with van der Waals surface area (Å²) in [5, 5.41) is 21.9. The molecule has 1 saturated heterocycles. The van der Waals surface area contributed by atoms with Crippen LogP contribution in [-0.4, -0.2) is 79.3 Å². The van der Waals surface area contributed by atoms with Crippen LogP contribution in [-0.2, 0) is 31.0 Å². The van der Waals surface area contributed by atoms with Gasteiger partial charge in [-0.15, -0.1) is 0 Å². The summed E-state index contributed by atoms with van der Waals surface area (Å²) in [6.07, 6.45) is 1.03. The van der Waals surface area contributed by atoms with Crippen LogP contribution in [0.2, 0.25) is 5.02 Å². The molecule has 6 N–H and O–H groups in total. The first-order chi connectivity index (χ1) is 20.9. The van der Waals surface area contributed by atoms with Crippen LogP contribution in [0.25, 0.3) is 10.8 Å². The number of carboxylic acids is 1. The summed E-state index contributed by atoms with van der Waals surface area (Å²) in [6, 6.07) is 16.5. The van der Waals surface area contributed by atoms with Crippen molar-refractivity contribution in [1.29, 1.82) is 5.41 Å². The number of carbonyl (C=O) groups is 3. The number of nitrogens with one attached hydrogen (secondary N) is 3. The lowest BCUT2D eigenvalue weighted by molar-refractivity contribution is -0.146. The van der Waals surface area contributed by atoms with Gasteiger partial charge in [0.05, 0.1) is 11.3 Å². The van der Waals surface area contributed by atoms with E-state index >= 15 is 0 Å². The molecule has 44 heavy (non-hydrogen) atoms. The molecule has 1 aliphatic rings. The van der Waals surface area contributed by atoms with Crippen LogP contribution in [0.3, 0.4) is 0 Å². The highest BCUT2D eigenvalue weighted by atomic mass is 35.5. The number of amides is 2. The number of nitrogens with zero attached hydrogens (tertiary/aromatic N) is 2. The predicted molar refractivity (Wildman–Crippen MR) is 166 cm³/mol. The molecule has 3 aromatic rings. The average Bonchev–Trinajstić information content (AvgIpc) is 2.99. The van der Waals surface area contributed by atoms with Crippen LogP contribution in [0, 0.1) is 11.3 Å². The maximum atomic E-state index is 13.8. The van der Waals surface area contributed by atoms with Crippen molar-refractivity contribution in [2.24, 2.45) is 11.7 Å². The van der Waals surface area contributed by atoms with Crippen LogP contribution in [0.15, 0.2) is 71.6 Å². The third-order valence-corrected chi connectivity index (χ3v) is 9.11. The molecule has 3 aromatic carbocycles. The number of sulfonamides is 1. The largest absolute Gasteiger partial charge is 0.480 e. The van der Waals surface area contributed by atoms with Crippen LogP contribution in [0.1, 0.15) is 24.8 Å². The Morgan fingerprint density at radius 3 is 2.48 bits per heavy atom. The Morgan fingerprint density at radius 1 is 1.09 bits per heavy atom. The number of hydrogen-bond donors (Lipinski definition) is 5. The van der Waals surface area contributed by atoms with E-state index in [1.165, 1.54) is 12.1 Å². The number of halogens is 1. The van der Waals surface area contributed by atoms with E-state index in [9.17, 15) is 27.9 Å². The molecule has 0 radical (unpaired) electrons. The Labute approximate surface area is 260 Å². The van der Waals surface area contributed by atoms with E-state index < -0.39 is 46.8 Å². The monoisotopic (exact) mass is 642 g/mol. The second kappa shape index (κ2) is 14.5. The quantitative estimate of drug-likeness (QED) is 0.147. The van der Waals surface area contributed by atoms with Gasteiger partial charge >= 0.3 is 5.97 Å². The van der Waals surface area contributed by atoms with Crippen molar-refractivity contribution in [3.8, 4) is 0 Å². The Morgan fingerprint density at radius 2 is 1.80 bits per heavy atom. The van der Waals surface area contributed by atoms with E-state index in [2.05, 4.69) is 10.0 Å². The lowest BCUT2D eigenvalue weighted by atomic mass is 9.98. The van der Waals surface area contributed by atoms with Crippen molar-refractivity contribution in [2.75, 3.05) is 26.2 Å². The molecular formula is C30H35ClN6O6S. The minimum atomic E-state index is -4.32. The number of likely N-dealkylation sites (tertiary alicyclic amines) is 1. The highest BCUT2D eigenvalue weighted by molar-refractivity contribution is 7.89. The third-order valence-electron chi connectivity index (χ3n) is 7.39. The van der Waals surface area contributed by atoms with E-state index in [0.29, 0.717) is 29.1 Å². The number of hydrogen-bond acceptors (Lipinski definition) is 6. The minimum absolute atomic E-state index is 0.00783. The van der Waals surface area contributed by atoms with Crippen molar-refractivity contribution >= 4 is 56.1 Å². The van der Waals surface area contributed by atoms with Gasteiger partial charge in [0.1, 0.15) is 12.6 Å². The van der Waals surface area contributed by atoms with Crippen molar-refractivity contribution in [1.82, 2.24) is 19.8 Å². The van der Waals surface area contributed by atoms with Gasteiger partial charge in [-0.3, -0.25) is 19.8 Å². The lowest BCUT2D eigenvalue weighted by Crippen LogP contribution is -2.52. The number of piperidine rings is 1. The Kier molecular flexibility index (Phi) is 10.8. The number of carboxylic acid groups (broad SMARTS) is 1. The number of guanidine groups is 1. The van der Waals surface area contributed by atoms with E-state index in [-0.39, 0.29) is 29.9 Å². The highest BCUT2D eigenvalue weighted by Crippen LogP contribution is 2.21. The fourth-order valence-corrected chi connectivity index (χ4v) is 6.49. The second-order valence-electron chi connectivity index (χ2n) is 10.7.